The van der Waals surface area contributed by atoms with Crippen LogP contribution in [0.3, 0.4) is 0 Å². The lowest BCUT2D eigenvalue weighted by Gasteiger charge is -2.27. The molecule has 1 aliphatic heterocycles. The summed E-state index contributed by atoms with van der Waals surface area (Å²) in [4.78, 5) is 20.4. The number of hydrogen-bond acceptors (Lipinski definition) is 6. The first-order valence-corrected chi connectivity index (χ1v) is 11.2. The van der Waals surface area contributed by atoms with Gasteiger partial charge < -0.3 is 19.1 Å². The Kier molecular flexibility index (Phi) is 6.46. The first-order chi connectivity index (χ1) is 15.5. The molecule has 0 N–H and O–H groups in total. The number of methoxy groups -OCH3 is 3. The number of nitrogens with zero attached hydrogens (tertiary/aromatic N) is 2. The van der Waals surface area contributed by atoms with Crippen molar-refractivity contribution in [2.75, 3.05) is 34.4 Å². The average Bonchev–Trinajstić information content (AvgIpc) is 3.24. The summed E-state index contributed by atoms with van der Waals surface area (Å²) in [5, 5.41) is 0.868. The molecule has 0 bridgehead atoms. The normalized spacial score (nSPS) is 13.5. The van der Waals surface area contributed by atoms with E-state index in [1.54, 1.807) is 21.3 Å². The molecule has 2 heterocycles. The molecule has 2 aromatic carbocycles. The quantitative estimate of drug-likeness (QED) is 0.525. The Morgan fingerprint density at radius 2 is 1.72 bits per heavy atom. The standard InChI is InChI=1S/C25H26N2O4S/c1-16-23(32-24(26-16)18-8-6-5-7-9-18)25(28)27-12-10-17(11-13-27)22-20(30-3)14-19(29-2)15-21(22)31-4/h5-10,14-15H,11-13H2,1-4H3. The van der Waals surface area contributed by atoms with E-state index in [-0.39, 0.29) is 5.91 Å². The lowest BCUT2D eigenvalue weighted by Crippen LogP contribution is -2.34. The number of benzene rings is 2. The molecule has 0 saturated heterocycles. The van der Waals surface area contributed by atoms with Crippen LogP contribution in [0.5, 0.6) is 17.2 Å². The number of carbonyl (C=O) groups excluding carboxylic acids is 1. The van der Waals surface area contributed by atoms with Gasteiger partial charge in [0.25, 0.3) is 5.91 Å². The number of ether oxygens (including phenoxy) is 3. The van der Waals surface area contributed by atoms with Crippen molar-refractivity contribution in [2.24, 2.45) is 0 Å². The predicted molar refractivity (Wildman–Crippen MR) is 127 cm³/mol. The number of thiazole rings is 1. The van der Waals surface area contributed by atoms with Gasteiger partial charge in [0, 0.05) is 30.8 Å². The average molecular weight is 451 g/mol. The maximum Gasteiger partial charge on any atom is 0.266 e. The minimum absolute atomic E-state index is 0.0196. The topological polar surface area (TPSA) is 60.9 Å². The zero-order chi connectivity index (χ0) is 22.7. The van der Waals surface area contributed by atoms with E-state index < -0.39 is 0 Å². The molecule has 0 saturated carbocycles. The van der Waals surface area contributed by atoms with E-state index in [0.29, 0.717) is 41.6 Å². The van der Waals surface area contributed by atoms with Crippen LogP contribution in [0.1, 0.15) is 27.3 Å². The van der Waals surface area contributed by atoms with Gasteiger partial charge in [0.15, 0.2) is 0 Å². The summed E-state index contributed by atoms with van der Waals surface area (Å²) in [6.45, 7) is 3.03. The van der Waals surface area contributed by atoms with E-state index in [1.807, 2.05) is 54.3 Å². The maximum absolute atomic E-state index is 13.2. The zero-order valence-corrected chi connectivity index (χ0v) is 19.5. The molecule has 1 aliphatic rings. The van der Waals surface area contributed by atoms with E-state index >= 15 is 0 Å². The van der Waals surface area contributed by atoms with Crippen LogP contribution >= 0.6 is 11.3 Å². The molecule has 0 atom stereocenters. The summed E-state index contributed by atoms with van der Waals surface area (Å²) in [6, 6.07) is 13.7. The first kappa shape index (κ1) is 21.9. The molecule has 0 aliphatic carbocycles. The molecule has 7 heteroatoms. The molecule has 1 amide bonds. The Bertz CT molecular complexity index is 1130. The van der Waals surface area contributed by atoms with Crippen molar-refractivity contribution in [3.63, 3.8) is 0 Å². The molecule has 0 unspecified atom stereocenters. The summed E-state index contributed by atoms with van der Waals surface area (Å²) in [6.07, 6.45) is 2.77. The van der Waals surface area contributed by atoms with E-state index in [2.05, 4.69) is 11.1 Å². The maximum atomic E-state index is 13.2. The molecule has 4 rings (SSSR count). The Hall–Kier alpha value is -3.32. The summed E-state index contributed by atoms with van der Waals surface area (Å²) in [7, 11) is 4.88. The van der Waals surface area contributed by atoms with Gasteiger partial charge in [-0.05, 0) is 18.9 Å². The van der Waals surface area contributed by atoms with Crippen LogP contribution in [0.15, 0.2) is 48.5 Å². The van der Waals surface area contributed by atoms with Gasteiger partial charge in [0.05, 0.1) is 32.6 Å². The molecule has 1 aromatic heterocycles. The number of aromatic nitrogens is 1. The minimum atomic E-state index is 0.0196. The van der Waals surface area contributed by atoms with Crippen LogP contribution < -0.4 is 14.2 Å². The predicted octanol–water partition coefficient (Wildman–Crippen LogP) is 5.07. The fourth-order valence-electron chi connectivity index (χ4n) is 3.85. The van der Waals surface area contributed by atoms with Crippen molar-refractivity contribution < 1.29 is 19.0 Å². The molecule has 0 spiro atoms. The number of aryl methyl sites for hydroxylation is 1. The van der Waals surface area contributed by atoms with Crippen molar-refractivity contribution >= 4 is 22.8 Å². The highest BCUT2D eigenvalue weighted by molar-refractivity contribution is 7.17. The molecule has 3 aromatic rings. The van der Waals surface area contributed by atoms with Crippen molar-refractivity contribution in [3.8, 4) is 27.8 Å². The van der Waals surface area contributed by atoms with Crippen molar-refractivity contribution in [1.29, 1.82) is 0 Å². The molecule has 166 valence electrons. The second-order valence-corrected chi connectivity index (χ2v) is 8.44. The Balaban J connectivity index is 1.57. The summed E-state index contributed by atoms with van der Waals surface area (Å²) in [5.41, 5.74) is 3.80. The zero-order valence-electron chi connectivity index (χ0n) is 18.7. The molecule has 0 fully saturated rings. The Morgan fingerprint density at radius 1 is 1.03 bits per heavy atom. The SMILES string of the molecule is COc1cc(OC)c(C2=CCN(C(=O)c3sc(-c4ccccc4)nc3C)CC2)c(OC)c1. The van der Waals surface area contributed by atoms with E-state index in [0.717, 1.165) is 27.4 Å². The monoisotopic (exact) mass is 450 g/mol. The van der Waals surface area contributed by atoms with Gasteiger partial charge in [0.2, 0.25) is 0 Å². The molecule has 0 radical (unpaired) electrons. The summed E-state index contributed by atoms with van der Waals surface area (Å²) >= 11 is 1.45. The molecular weight excluding hydrogens is 424 g/mol. The van der Waals surface area contributed by atoms with E-state index in [4.69, 9.17) is 14.2 Å². The van der Waals surface area contributed by atoms with Gasteiger partial charge >= 0.3 is 0 Å². The number of rotatable bonds is 6. The fraction of sp³-hybridized carbons (Fsp3) is 0.280. The van der Waals surface area contributed by atoms with Gasteiger partial charge in [0.1, 0.15) is 27.1 Å². The highest BCUT2D eigenvalue weighted by Gasteiger charge is 2.26. The fourth-order valence-corrected chi connectivity index (χ4v) is 4.89. The minimum Gasteiger partial charge on any atom is -0.496 e. The van der Waals surface area contributed by atoms with Crippen LogP contribution in [-0.2, 0) is 0 Å². The smallest absolute Gasteiger partial charge is 0.266 e. The molecular formula is C25H26N2O4S. The highest BCUT2D eigenvalue weighted by atomic mass is 32.1. The Morgan fingerprint density at radius 3 is 2.28 bits per heavy atom. The van der Waals surface area contributed by atoms with Crippen molar-refractivity contribution in [3.05, 3.63) is 64.7 Å². The van der Waals surface area contributed by atoms with Crippen LogP contribution in [0, 0.1) is 6.92 Å². The lowest BCUT2D eigenvalue weighted by molar-refractivity contribution is 0.0776. The number of hydrogen-bond donors (Lipinski definition) is 0. The van der Waals surface area contributed by atoms with Crippen LogP contribution in [0.4, 0.5) is 0 Å². The van der Waals surface area contributed by atoms with Gasteiger partial charge in [-0.25, -0.2) is 4.98 Å². The van der Waals surface area contributed by atoms with Crippen LogP contribution in [0.25, 0.3) is 16.1 Å². The van der Waals surface area contributed by atoms with E-state index in [1.165, 1.54) is 11.3 Å². The highest BCUT2D eigenvalue weighted by Crippen LogP contribution is 2.41. The second kappa shape index (κ2) is 9.44. The summed E-state index contributed by atoms with van der Waals surface area (Å²) in [5.74, 6) is 2.08. The second-order valence-electron chi connectivity index (χ2n) is 7.44. The van der Waals surface area contributed by atoms with Crippen molar-refractivity contribution in [1.82, 2.24) is 9.88 Å². The number of amides is 1. The third-order valence-electron chi connectivity index (χ3n) is 5.54. The summed E-state index contributed by atoms with van der Waals surface area (Å²) < 4.78 is 16.5. The third kappa shape index (κ3) is 4.21. The van der Waals surface area contributed by atoms with Gasteiger partial charge in [-0.1, -0.05) is 36.4 Å². The van der Waals surface area contributed by atoms with Gasteiger partial charge in [-0.2, -0.15) is 0 Å². The molecule has 32 heavy (non-hydrogen) atoms. The molecule has 6 nitrogen and oxygen atoms in total. The van der Waals surface area contributed by atoms with Crippen molar-refractivity contribution in [2.45, 2.75) is 13.3 Å². The third-order valence-corrected chi connectivity index (χ3v) is 6.74. The largest absolute Gasteiger partial charge is 0.496 e. The Labute approximate surface area is 192 Å². The van der Waals surface area contributed by atoms with Gasteiger partial charge in [-0.15, -0.1) is 11.3 Å². The lowest BCUT2D eigenvalue weighted by atomic mass is 9.97. The van der Waals surface area contributed by atoms with E-state index in [9.17, 15) is 4.79 Å². The van der Waals surface area contributed by atoms with Gasteiger partial charge in [-0.3, -0.25) is 4.79 Å². The van der Waals surface area contributed by atoms with Crippen LogP contribution in [-0.4, -0.2) is 50.2 Å². The van der Waals surface area contributed by atoms with Crippen LogP contribution in [0.2, 0.25) is 0 Å². The number of carbonyl (C=O) groups is 1. The first-order valence-electron chi connectivity index (χ1n) is 10.4.